The topological polar surface area (TPSA) is 27.8 Å². The summed E-state index contributed by atoms with van der Waals surface area (Å²) in [6.07, 6.45) is 0.940. The van der Waals surface area contributed by atoms with Gasteiger partial charge in [-0.05, 0) is 33.6 Å². The Morgan fingerprint density at radius 3 is 3.07 bits per heavy atom. The molecular formula is C11H10BrFN2. The van der Waals surface area contributed by atoms with Crippen molar-refractivity contribution in [3.8, 4) is 0 Å². The average molecular weight is 269 g/mol. The Morgan fingerprint density at radius 1 is 1.33 bits per heavy atom. The molecule has 15 heavy (non-hydrogen) atoms. The van der Waals surface area contributed by atoms with E-state index in [2.05, 4.69) is 26.2 Å². The SMILES string of the molecule is Fc1ccc(Br)c2[nH]c3c(c12)CNCC3. The van der Waals surface area contributed by atoms with E-state index in [-0.39, 0.29) is 5.82 Å². The molecule has 2 nitrogen and oxygen atoms in total. The van der Waals surface area contributed by atoms with Gasteiger partial charge in [-0.2, -0.15) is 0 Å². The number of hydrogen-bond acceptors (Lipinski definition) is 1. The Morgan fingerprint density at radius 2 is 2.20 bits per heavy atom. The van der Waals surface area contributed by atoms with Crippen molar-refractivity contribution in [2.45, 2.75) is 13.0 Å². The molecular weight excluding hydrogens is 259 g/mol. The first-order valence-electron chi connectivity index (χ1n) is 4.95. The molecule has 0 amide bonds. The number of aromatic amines is 1. The molecule has 0 unspecified atom stereocenters. The van der Waals surface area contributed by atoms with E-state index in [0.29, 0.717) is 0 Å². The molecule has 1 aromatic carbocycles. The molecule has 1 aliphatic rings. The largest absolute Gasteiger partial charge is 0.357 e. The second kappa shape index (κ2) is 3.32. The zero-order valence-corrected chi connectivity index (χ0v) is 9.62. The van der Waals surface area contributed by atoms with E-state index >= 15 is 0 Å². The summed E-state index contributed by atoms with van der Waals surface area (Å²) in [5, 5.41) is 3.99. The molecule has 1 aromatic heterocycles. The monoisotopic (exact) mass is 268 g/mol. The Balaban J connectivity index is 2.41. The van der Waals surface area contributed by atoms with Crippen LogP contribution in [0.3, 0.4) is 0 Å². The van der Waals surface area contributed by atoms with Crippen LogP contribution in [0.1, 0.15) is 11.3 Å². The van der Waals surface area contributed by atoms with Gasteiger partial charge in [0.2, 0.25) is 0 Å². The predicted molar refractivity (Wildman–Crippen MR) is 61.4 cm³/mol. The number of benzene rings is 1. The maximum atomic E-state index is 13.7. The molecule has 0 radical (unpaired) electrons. The van der Waals surface area contributed by atoms with E-state index in [1.54, 1.807) is 6.07 Å². The van der Waals surface area contributed by atoms with Crippen LogP contribution in [0.15, 0.2) is 16.6 Å². The quantitative estimate of drug-likeness (QED) is 0.756. The summed E-state index contributed by atoms with van der Waals surface area (Å²) >= 11 is 3.44. The van der Waals surface area contributed by atoms with Crippen LogP contribution in [-0.4, -0.2) is 11.5 Å². The summed E-state index contributed by atoms with van der Waals surface area (Å²) in [7, 11) is 0. The number of hydrogen-bond donors (Lipinski definition) is 2. The molecule has 2 N–H and O–H groups in total. The van der Waals surface area contributed by atoms with Crippen molar-refractivity contribution >= 4 is 26.8 Å². The van der Waals surface area contributed by atoms with Gasteiger partial charge in [0.15, 0.2) is 0 Å². The van der Waals surface area contributed by atoms with Crippen LogP contribution in [0.25, 0.3) is 10.9 Å². The van der Waals surface area contributed by atoms with Crippen LogP contribution >= 0.6 is 15.9 Å². The van der Waals surface area contributed by atoms with Gasteiger partial charge in [0.25, 0.3) is 0 Å². The normalized spacial score (nSPS) is 15.6. The van der Waals surface area contributed by atoms with Crippen molar-refractivity contribution in [3.63, 3.8) is 0 Å². The fourth-order valence-corrected chi connectivity index (χ4v) is 2.61. The van der Waals surface area contributed by atoms with Gasteiger partial charge in [0.05, 0.1) is 5.52 Å². The summed E-state index contributed by atoms with van der Waals surface area (Å²) in [5.74, 6) is -0.144. The molecule has 4 heteroatoms. The molecule has 3 rings (SSSR count). The summed E-state index contributed by atoms with van der Waals surface area (Å²) in [4.78, 5) is 3.30. The molecule has 1 aliphatic heterocycles. The van der Waals surface area contributed by atoms with Crippen molar-refractivity contribution in [1.29, 1.82) is 0 Å². The lowest BCUT2D eigenvalue weighted by atomic mass is 10.1. The third kappa shape index (κ3) is 1.32. The summed E-state index contributed by atoms with van der Waals surface area (Å²) in [6, 6.07) is 3.25. The lowest BCUT2D eigenvalue weighted by Crippen LogP contribution is -2.23. The van der Waals surface area contributed by atoms with Crippen LogP contribution < -0.4 is 5.32 Å². The minimum atomic E-state index is -0.144. The Hall–Kier alpha value is -0.870. The van der Waals surface area contributed by atoms with E-state index in [1.165, 1.54) is 6.07 Å². The first-order chi connectivity index (χ1) is 7.27. The molecule has 0 aliphatic carbocycles. The van der Waals surface area contributed by atoms with Crippen molar-refractivity contribution in [3.05, 3.63) is 33.7 Å². The van der Waals surface area contributed by atoms with Gasteiger partial charge in [0.1, 0.15) is 5.82 Å². The maximum absolute atomic E-state index is 13.7. The molecule has 0 atom stereocenters. The van der Waals surface area contributed by atoms with E-state index in [0.717, 1.165) is 46.1 Å². The number of H-pyrrole nitrogens is 1. The third-order valence-corrected chi connectivity index (χ3v) is 3.56. The van der Waals surface area contributed by atoms with Crippen molar-refractivity contribution in [2.24, 2.45) is 0 Å². The lowest BCUT2D eigenvalue weighted by molar-refractivity contribution is 0.625. The molecule has 0 saturated heterocycles. The zero-order valence-electron chi connectivity index (χ0n) is 8.03. The van der Waals surface area contributed by atoms with Gasteiger partial charge >= 0.3 is 0 Å². The molecule has 2 heterocycles. The first-order valence-corrected chi connectivity index (χ1v) is 5.75. The minimum Gasteiger partial charge on any atom is -0.357 e. The minimum absolute atomic E-state index is 0.144. The Kier molecular flexibility index (Phi) is 2.07. The Labute approximate surface area is 95.0 Å². The van der Waals surface area contributed by atoms with Crippen molar-refractivity contribution in [2.75, 3.05) is 6.54 Å². The van der Waals surface area contributed by atoms with Gasteiger partial charge in [0, 0.05) is 35.1 Å². The number of fused-ring (bicyclic) bond motifs is 3. The number of halogens is 2. The van der Waals surface area contributed by atoms with Gasteiger partial charge in [-0.15, -0.1) is 0 Å². The van der Waals surface area contributed by atoms with Crippen LogP contribution in [0.4, 0.5) is 4.39 Å². The fraction of sp³-hybridized carbons (Fsp3) is 0.273. The van der Waals surface area contributed by atoms with Crippen molar-refractivity contribution < 1.29 is 4.39 Å². The zero-order chi connectivity index (χ0) is 10.4. The van der Waals surface area contributed by atoms with E-state index < -0.39 is 0 Å². The van der Waals surface area contributed by atoms with E-state index in [1.807, 2.05) is 0 Å². The second-order valence-corrected chi connectivity index (χ2v) is 4.64. The van der Waals surface area contributed by atoms with Gasteiger partial charge in [-0.25, -0.2) is 4.39 Å². The molecule has 0 spiro atoms. The van der Waals surface area contributed by atoms with Gasteiger partial charge in [-0.1, -0.05) is 0 Å². The Bertz CT molecular complexity index is 533. The highest BCUT2D eigenvalue weighted by Gasteiger charge is 2.18. The smallest absolute Gasteiger partial charge is 0.132 e. The number of nitrogens with one attached hydrogen (secondary N) is 2. The lowest BCUT2D eigenvalue weighted by Gasteiger charge is -2.12. The van der Waals surface area contributed by atoms with Crippen LogP contribution in [0, 0.1) is 5.82 Å². The predicted octanol–water partition coefficient (Wildman–Crippen LogP) is 2.72. The molecule has 0 bridgehead atoms. The van der Waals surface area contributed by atoms with E-state index in [9.17, 15) is 4.39 Å². The number of rotatable bonds is 0. The fourth-order valence-electron chi connectivity index (χ4n) is 2.18. The van der Waals surface area contributed by atoms with Gasteiger partial charge in [-0.3, -0.25) is 0 Å². The maximum Gasteiger partial charge on any atom is 0.132 e. The standard InChI is InChI=1S/C11H10BrFN2/c12-7-1-2-8(13)10-6-5-14-4-3-9(6)15-11(7)10/h1-2,14-15H,3-5H2. The molecule has 78 valence electrons. The van der Waals surface area contributed by atoms with Gasteiger partial charge < -0.3 is 10.3 Å². The van der Waals surface area contributed by atoms with Crippen LogP contribution in [-0.2, 0) is 13.0 Å². The average Bonchev–Trinajstić information content (AvgIpc) is 2.64. The van der Waals surface area contributed by atoms with Crippen molar-refractivity contribution in [1.82, 2.24) is 10.3 Å². The molecule has 0 fully saturated rings. The first kappa shape index (κ1) is 9.36. The summed E-state index contributed by atoms with van der Waals surface area (Å²) in [5.41, 5.74) is 3.12. The molecule has 2 aromatic rings. The van der Waals surface area contributed by atoms with Crippen LogP contribution in [0.5, 0.6) is 0 Å². The highest BCUT2D eigenvalue weighted by atomic mass is 79.9. The summed E-state index contributed by atoms with van der Waals surface area (Å²) in [6.45, 7) is 1.71. The second-order valence-electron chi connectivity index (χ2n) is 3.79. The van der Waals surface area contributed by atoms with E-state index in [4.69, 9.17) is 0 Å². The number of aromatic nitrogens is 1. The summed E-state index contributed by atoms with van der Waals surface area (Å²) < 4.78 is 14.6. The highest BCUT2D eigenvalue weighted by Crippen LogP contribution is 2.31. The molecule has 0 saturated carbocycles. The third-order valence-electron chi connectivity index (χ3n) is 2.90. The van der Waals surface area contributed by atoms with Crippen LogP contribution in [0.2, 0.25) is 0 Å². The highest BCUT2D eigenvalue weighted by molar-refractivity contribution is 9.10.